The molecule has 5 rings (SSSR count). The second-order valence-corrected chi connectivity index (χ2v) is 12.9. The van der Waals surface area contributed by atoms with Crippen molar-refractivity contribution >= 4 is 23.5 Å². The van der Waals surface area contributed by atoms with E-state index in [0.717, 1.165) is 42.4 Å². The molecule has 2 heterocycles. The first-order valence-corrected chi connectivity index (χ1v) is 15.1. The first kappa shape index (κ1) is 31.0. The number of carboxylic acids is 1. The van der Waals surface area contributed by atoms with Crippen LogP contribution in [0.4, 0.5) is 4.39 Å². The van der Waals surface area contributed by atoms with E-state index in [2.05, 4.69) is 31.1 Å². The lowest BCUT2D eigenvalue weighted by atomic mass is 9.69. The van der Waals surface area contributed by atoms with Gasteiger partial charge in [-0.3, -0.25) is 19.4 Å². The number of hydrogen-bond acceptors (Lipinski definition) is 5. The molecule has 1 aromatic heterocycles. The van der Waals surface area contributed by atoms with E-state index in [9.17, 15) is 18.8 Å². The van der Waals surface area contributed by atoms with Crippen molar-refractivity contribution in [1.29, 1.82) is 0 Å². The number of carbonyl (C=O) groups excluding carboxylic acids is 2. The van der Waals surface area contributed by atoms with E-state index in [1.807, 2.05) is 48.2 Å². The fourth-order valence-electron chi connectivity index (χ4n) is 6.48. The summed E-state index contributed by atoms with van der Waals surface area (Å²) < 4.78 is 13.5. The van der Waals surface area contributed by atoms with Crippen molar-refractivity contribution in [2.75, 3.05) is 6.54 Å². The van der Waals surface area contributed by atoms with Crippen LogP contribution < -0.4 is 5.32 Å². The van der Waals surface area contributed by atoms with Crippen LogP contribution in [0.25, 0.3) is 11.1 Å². The van der Waals surface area contributed by atoms with Crippen LogP contribution in [0.1, 0.15) is 87.3 Å². The van der Waals surface area contributed by atoms with Crippen LogP contribution in [-0.2, 0) is 9.59 Å². The number of aromatic nitrogens is 1. The van der Waals surface area contributed by atoms with Crippen molar-refractivity contribution in [3.63, 3.8) is 0 Å². The molecule has 0 bridgehead atoms. The van der Waals surface area contributed by atoms with E-state index < -0.39 is 17.6 Å². The second kappa shape index (κ2) is 12.3. The van der Waals surface area contributed by atoms with Gasteiger partial charge in [-0.2, -0.15) is 4.39 Å². The number of nitrogens with zero attached hydrogens (tertiary/aromatic N) is 3. The molecule has 1 spiro atoms. The lowest BCUT2D eigenvalue weighted by Gasteiger charge is -2.46. The van der Waals surface area contributed by atoms with Crippen LogP contribution in [0, 0.1) is 17.3 Å². The fraction of sp³-hybridized carbons (Fsp3) is 0.400. The third-order valence-corrected chi connectivity index (χ3v) is 9.06. The quantitative estimate of drug-likeness (QED) is 0.291. The molecular formula is C35H39FN4O4. The maximum Gasteiger partial charge on any atom is 0.305 e. The topological polar surface area (TPSA) is 112 Å². The lowest BCUT2D eigenvalue weighted by Crippen LogP contribution is -2.50. The van der Waals surface area contributed by atoms with Crippen LogP contribution in [0.2, 0.25) is 0 Å². The van der Waals surface area contributed by atoms with E-state index in [0.29, 0.717) is 22.8 Å². The Morgan fingerprint density at radius 1 is 1.05 bits per heavy atom. The molecule has 2 amide bonds. The van der Waals surface area contributed by atoms with Crippen molar-refractivity contribution in [3.8, 4) is 11.1 Å². The highest BCUT2D eigenvalue weighted by Crippen LogP contribution is 2.49. The van der Waals surface area contributed by atoms with Crippen molar-refractivity contribution in [3.05, 3.63) is 89.5 Å². The summed E-state index contributed by atoms with van der Waals surface area (Å²) in [6.45, 7) is 8.83. The van der Waals surface area contributed by atoms with E-state index in [-0.39, 0.29) is 36.2 Å². The molecule has 8 nitrogen and oxygen atoms in total. The van der Waals surface area contributed by atoms with Gasteiger partial charge in [0.15, 0.2) is 0 Å². The number of carboxylic acid groups (broad SMARTS) is 1. The Hall–Kier alpha value is -4.40. The van der Waals surface area contributed by atoms with Gasteiger partial charge >= 0.3 is 5.97 Å². The number of rotatable bonds is 8. The summed E-state index contributed by atoms with van der Waals surface area (Å²) in [6.07, 6.45) is 4.73. The molecule has 0 radical (unpaired) electrons. The number of aliphatic imine (C=N–C) groups is 1. The lowest BCUT2D eigenvalue weighted by molar-refractivity contribution is -0.137. The number of amides is 2. The van der Waals surface area contributed by atoms with Crippen molar-refractivity contribution < 1.29 is 23.9 Å². The first-order chi connectivity index (χ1) is 20.9. The van der Waals surface area contributed by atoms with Crippen LogP contribution in [0.15, 0.2) is 71.9 Å². The predicted octanol–water partition coefficient (Wildman–Crippen LogP) is 6.42. The molecule has 3 aromatic rings. The Kier molecular flexibility index (Phi) is 8.68. The van der Waals surface area contributed by atoms with Crippen molar-refractivity contribution in [2.24, 2.45) is 16.3 Å². The summed E-state index contributed by atoms with van der Waals surface area (Å²) in [4.78, 5) is 48.6. The average molecular weight is 599 g/mol. The third kappa shape index (κ3) is 6.42. The van der Waals surface area contributed by atoms with Gasteiger partial charge in [-0.05, 0) is 85.4 Å². The maximum atomic E-state index is 14.3. The summed E-state index contributed by atoms with van der Waals surface area (Å²) in [5, 5.41) is 11.5. The van der Waals surface area contributed by atoms with Gasteiger partial charge in [-0.25, -0.2) is 4.98 Å². The van der Waals surface area contributed by atoms with Crippen LogP contribution in [0.3, 0.4) is 0 Å². The molecule has 1 aliphatic heterocycles. The average Bonchev–Trinajstić information content (AvgIpc) is 3.27. The molecule has 9 heteroatoms. The van der Waals surface area contributed by atoms with Gasteiger partial charge in [0.25, 0.3) is 11.8 Å². The molecule has 44 heavy (non-hydrogen) atoms. The number of nitrogens with one attached hydrogen (secondary N) is 1. The zero-order valence-electron chi connectivity index (χ0n) is 25.6. The van der Waals surface area contributed by atoms with Gasteiger partial charge in [-0.15, -0.1) is 0 Å². The molecule has 2 aliphatic rings. The minimum absolute atomic E-state index is 0.0473. The zero-order chi connectivity index (χ0) is 31.6. The van der Waals surface area contributed by atoms with E-state index >= 15 is 0 Å². The number of benzene rings is 2. The molecule has 2 N–H and O–H groups in total. The van der Waals surface area contributed by atoms with Gasteiger partial charge in [0.2, 0.25) is 5.95 Å². The van der Waals surface area contributed by atoms with Crippen molar-refractivity contribution in [1.82, 2.24) is 15.2 Å². The normalized spacial score (nSPS) is 20.8. The van der Waals surface area contributed by atoms with E-state index in [1.165, 1.54) is 12.3 Å². The highest BCUT2D eigenvalue weighted by atomic mass is 19.1. The van der Waals surface area contributed by atoms with Gasteiger partial charge < -0.3 is 15.3 Å². The number of pyridine rings is 1. The fourth-order valence-corrected chi connectivity index (χ4v) is 6.48. The molecule has 230 valence electrons. The van der Waals surface area contributed by atoms with E-state index in [1.54, 1.807) is 18.2 Å². The molecular weight excluding hydrogens is 559 g/mol. The van der Waals surface area contributed by atoms with Gasteiger partial charge in [-0.1, -0.05) is 51.1 Å². The maximum absolute atomic E-state index is 14.3. The minimum atomic E-state index is -0.976. The summed E-state index contributed by atoms with van der Waals surface area (Å²) in [5.74, 6) is -1.49. The Morgan fingerprint density at radius 2 is 1.73 bits per heavy atom. The number of halogens is 1. The molecule has 1 unspecified atom stereocenters. The summed E-state index contributed by atoms with van der Waals surface area (Å²) >= 11 is 0. The Balaban J connectivity index is 1.45. The number of carbonyl (C=O) groups is 3. The first-order valence-electron chi connectivity index (χ1n) is 15.1. The monoisotopic (exact) mass is 598 g/mol. The SMILES string of the molecule is CC(c1ccc(C(=O)NCCC(=O)O)cc1)N1C(=O)C(c2cccc(-c3ccc(F)nc3)c2)=NC12CCC(C(C)(C)C)CC2. The molecule has 1 atom stereocenters. The number of aliphatic carboxylic acids is 1. The standard InChI is InChI=1S/C35H39FN4O4/c1-22(23-8-10-24(11-9-23)32(43)37-19-16-30(41)42)40-33(44)31(39-35(40)17-14-28(15-18-35)34(2,3)4)26-7-5-6-25(20-26)27-12-13-29(36)38-21-27/h5-13,20-22,28H,14-19H2,1-4H3,(H,37,43)(H,41,42). The van der Waals surface area contributed by atoms with E-state index in [4.69, 9.17) is 10.1 Å². The van der Waals surface area contributed by atoms with Crippen molar-refractivity contribution in [2.45, 2.75) is 71.5 Å². The summed E-state index contributed by atoms with van der Waals surface area (Å²) in [5.41, 5.74) is 3.45. The molecule has 1 saturated carbocycles. The number of hydrogen-bond donors (Lipinski definition) is 2. The summed E-state index contributed by atoms with van der Waals surface area (Å²) in [6, 6.07) is 17.3. The smallest absolute Gasteiger partial charge is 0.305 e. The highest BCUT2D eigenvalue weighted by molar-refractivity contribution is 6.47. The molecule has 1 fully saturated rings. The third-order valence-electron chi connectivity index (χ3n) is 9.06. The molecule has 0 saturated heterocycles. The zero-order valence-corrected chi connectivity index (χ0v) is 25.6. The molecule has 1 aliphatic carbocycles. The minimum Gasteiger partial charge on any atom is -0.481 e. The Bertz CT molecular complexity index is 1570. The Labute approximate surface area is 257 Å². The van der Waals surface area contributed by atoms with Gasteiger partial charge in [0.1, 0.15) is 11.4 Å². The predicted molar refractivity (Wildman–Crippen MR) is 167 cm³/mol. The van der Waals surface area contributed by atoms with Crippen LogP contribution in [0.5, 0.6) is 0 Å². The largest absolute Gasteiger partial charge is 0.481 e. The summed E-state index contributed by atoms with van der Waals surface area (Å²) in [7, 11) is 0. The van der Waals surface area contributed by atoms with Gasteiger partial charge in [0.05, 0.1) is 12.5 Å². The van der Waals surface area contributed by atoms with Gasteiger partial charge in [0, 0.05) is 29.4 Å². The Morgan fingerprint density at radius 3 is 2.34 bits per heavy atom. The molecule has 2 aromatic carbocycles. The van der Waals surface area contributed by atoms with Crippen LogP contribution in [-0.4, -0.2) is 50.7 Å². The highest BCUT2D eigenvalue weighted by Gasteiger charge is 2.52. The van der Waals surface area contributed by atoms with Crippen LogP contribution >= 0.6 is 0 Å². The second-order valence-electron chi connectivity index (χ2n) is 12.9.